The Morgan fingerprint density at radius 1 is 0.950 bits per heavy atom. The summed E-state index contributed by atoms with van der Waals surface area (Å²) in [7, 11) is 3.30. The molecule has 0 spiro atoms. The minimum Gasteiger partial charge on any atom is -0.497 e. The number of hydrogen-bond donors (Lipinski definition) is 1. The van der Waals surface area contributed by atoms with Gasteiger partial charge in [0, 0.05) is 6.07 Å². The van der Waals surface area contributed by atoms with Gasteiger partial charge >= 0.3 is 0 Å². The number of nitrogens with zero attached hydrogens (tertiary/aromatic N) is 1. The Hall–Kier alpha value is -2.49. The Bertz CT molecular complexity index is 592. The zero-order valence-electron chi connectivity index (χ0n) is 11.9. The molecule has 0 aliphatic carbocycles. The number of hydrazone groups is 1. The maximum atomic E-state index is 5.17. The minimum atomic E-state index is 0.798. The lowest BCUT2D eigenvalue weighted by Gasteiger charge is -2.06. The Kier molecular flexibility index (Phi) is 4.60. The van der Waals surface area contributed by atoms with Crippen molar-refractivity contribution in [3.05, 3.63) is 54.1 Å². The Balaban J connectivity index is 2.09. The average Bonchev–Trinajstić information content (AvgIpc) is 2.53. The van der Waals surface area contributed by atoms with Gasteiger partial charge in [0.1, 0.15) is 11.5 Å². The lowest BCUT2D eigenvalue weighted by atomic mass is 10.1. The van der Waals surface area contributed by atoms with Gasteiger partial charge in [0.2, 0.25) is 0 Å². The molecule has 0 aliphatic rings. The third kappa shape index (κ3) is 3.51. The van der Waals surface area contributed by atoms with Crippen LogP contribution in [0.5, 0.6) is 11.5 Å². The van der Waals surface area contributed by atoms with Crippen molar-refractivity contribution in [1.29, 1.82) is 0 Å². The first-order chi connectivity index (χ1) is 9.72. The van der Waals surface area contributed by atoms with Crippen LogP contribution >= 0.6 is 0 Å². The lowest BCUT2D eigenvalue weighted by molar-refractivity contribution is 0.414. The maximum Gasteiger partial charge on any atom is 0.120 e. The summed E-state index contributed by atoms with van der Waals surface area (Å²) in [5, 5.41) is 4.37. The number of rotatable bonds is 5. The van der Waals surface area contributed by atoms with E-state index in [1.165, 1.54) is 0 Å². The smallest absolute Gasteiger partial charge is 0.120 e. The first-order valence-corrected chi connectivity index (χ1v) is 6.31. The highest BCUT2D eigenvalue weighted by atomic mass is 16.5. The molecular weight excluding hydrogens is 252 g/mol. The van der Waals surface area contributed by atoms with Crippen molar-refractivity contribution >= 4 is 11.4 Å². The fraction of sp³-hybridized carbons (Fsp3) is 0.188. The van der Waals surface area contributed by atoms with Gasteiger partial charge in [0.05, 0.1) is 25.6 Å². The van der Waals surface area contributed by atoms with E-state index in [0.29, 0.717) is 0 Å². The molecule has 0 saturated heterocycles. The van der Waals surface area contributed by atoms with Gasteiger partial charge in [-0.1, -0.05) is 6.07 Å². The van der Waals surface area contributed by atoms with E-state index in [-0.39, 0.29) is 0 Å². The molecular formula is C16H18N2O2. The molecule has 0 heterocycles. The Morgan fingerprint density at radius 3 is 2.30 bits per heavy atom. The molecule has 0 bridgehead atoms. The number of anilines is 1. The average molecular weight is 270 g/mol. The van der Waals surface area contributed by atoms with Crippen LogP contribution in [0.4, 0.5) is 5.69 Å². The second kappa shape index (κ2) is 6.61. The third-order valence-electron chi connectivity index (χ3n) is 2.93. The van der Waals surface area contributed by atoms with Gasteiger partial charge in [-0.25, -0.2) is 0 Å². The zero-order chi connectivity index (χ0) is 14.4. The van der Waals surface area contributed by atoms with Crippen molar-refractivity contribution in [2.24, 2.45) is 5.10 Å². The molecule has 4 nitrogen and oxygen atoms in total. The van der Waals surface area contributed by atoms with Crippen LogP contribution in [0.1, 0.15) is 12.5 Å². The van der Waals surface area contributed by atoms with Crippen LogP contribution in [0.2, 0.25) is 0 Å². The van der Waals surface area contributed by atoms with Crippen molar-refractivity contribution in [2.75, 3.05) is 19.6 Å². The van der Waals surface area contributed by atoms with E-state index in [2.05, 4.69) is 10.5 Å². The number of benzene rings is 2. The molecule has 0 atom stereocenters. The largest absolute Gasteiger partial charge is 0.497 e. The molecule has 2 rings (SSSR count). The van der Waals surface area contributed by atoms with Gasteiger partial charge in [-0.15, -0.1) is 0 Å². The molecule has 2 aromatic rings. The van der Waals surface area contributed by atoms with Gasteiger partial charge in [-0.2, -0.15) is 5.10 Å². The molecule has 20 heavy (non-hydrogen) atoms. The lowest BCUT2D eigenvalue weighted by Crippen LogP contribution is -1.99. The molecule has 0 unspecified atom stereocenters. The second-order valence-electron chi connectivity index (χ2n) is 4.27. The summed E-state index contributed by atoms with van der Waals surface area (Å²) < 4.78 is 10.3. The van der Waals surface area contributed by atoms with Gasteiger partial charge in [-0.3, -0.25) is 5.43 Å². The highest BCUT2D eigenvalue weighted by Gasteiger charge is 1.99. The standard InChI is InChI=1S/C16H18N2O2/c1-12(13-7-9-15(19-2)10-8-13)17-18-14-5-4-6-16(11-14)20-3/h4-11,18H,1-3H3. The molecule has 0 radical (unpaired) electrons. The van der Waals surface area contributed by atoms with Crippen LogP contribution in [0.3, 0.4) is 0 Å². The van der Waals surface area contributed by atoms with Crippen molar-refractivity contribution < 1.29 is 9.47 Å². The summed E-state index contributed by atoms with van der Waals surface area (Å²) in [5.74, 6) is 1.63. The SMILES string of the molecule is COc1ccc(C(C)=NNc2cccc(OC)c2)cc1. The van der Waals surface area contributed by atoms with Crippen LogP contribution in [0, 0.1) is 0 Å². The second-order valence-corrected chi connectivity index (χ2v) is 4.27. The fourth-order valence-electron chi connectivity index (χ4n) is 1.74. The maximum absolute atomic E-state index is 5.17. The summed E-state index contributed by atoms with van der Waals surface area (Å²) in [4.78, 5) is 0. The number of nitrogens with one attached hydrogen (secondary N) is 1. The number of hydrogen-bond acceptors (Lipinski definition) is 4. The van der Waals surface area contributed by atoms with Crippen LogP contribution in [0.15, 0.2) is 53.6 Å². The molecule has 2 aromatic carbocycles. The topological polar surface area (TPSA) is 42.8 Å². The fourth-order valence-corrected chi connectivity index (χ4v) is 1.74. The Morgan fingerprint density at radius 2 is 1.65 bits per heavy atom. The summed E-state index contributed by atoms with van der Waals surface area (Å²) in [6.45, 7) is 1.95. The summed E-state index contributed by atoms with van der Waals surface area (Å²) >= 11 is 0. The van der Waals surface area contributed by atoms with Crippen LogP contribution in [-0.2, 0) is 0 Å². The molecule has 0 aliphatic heterocycles. The molecule has 0 amide bonds. The van der Waals surface area contributed by atoms with Crippen molar-refractivity contribution in [2.45, 2.75) is 6.92 Å². The minimum absolute atomic E-state index is 0.798. The summed E-state index contributed by atoms with van der Waals surface area (Å²) in [6, 6.07) is 15.4. The van der Waals surface area contributed by atoms with Gasteiger partial charge < -0.3 is 9.47 Å². The number of methoxy groups -OCH3 is 2. The highest BCUT2D eigenvalue weighted by molar-refractivity contribution is 5.99. The van der Waals surface area contributed by atoms with E-state index >= 15 is 0 Å². The summed E-state index contributed by atoms with van der Waals surface area (Å²) in [6.07, 6.45) is 0. The van der Waals surface area contributed by atoms with Gasteiger partial charge in [-0.05, 0) is 48.9 Å². The summed E-state index contributed by atoms with van der Waals surface area (Å²) in [5.41, 5.74) is 5.85. The van der Waals surface area contributed by atoms with Gasteiger partial charge in [0.25, 0.3) is 0 Å². The molecule has 4 heteroatoms. The van der Waals surface area contributed by atoms with E-state index in [0.717, 1.165) is 28.5 Å². The van der Waals surface area contributed by atoms with E-state index < -0.39 is 0 Å². The highest BCUT2D eigenvalue weighted by Crippen LogP contribution is 2.17. The quantitative estimate of drug-likeness (QED) is 0.667. The van der Waals surface area contributed by atoms with Crippen LogP contribution in [0.25, 0.3) is 0 Å². The van der Waals surface area contributed by atoms with Crippen molar-refractivity contribution in [1.82, 2.24) is 0 Å². The molecule has 0 saturated carbocycles. The van der Waals surface area contributed by atoms with Crippen molar-refractivity contribution in [3.8, 4) is 11.5 Å². The molecule has 0 fully saturated rings. The van der Waals surface area contributed by atoms with E-state index in [1.54, 1.807) is 14.2 Å². The van der Waals surface area contributed by atoms with Gasteiger partial charge in [0.15, 0.2) is 0 Å². The Labute approximate surface area is 119 Å². The predicted octanol–water partition coefficient (Wildman–Crippen LogP) is 3.54. The first-order valence-electron chi connectivity index (χ1n) is 6.31. The number of ether oxygens (including phenoxy) is 2. The van der Waals surface area contributed by atoms with Crippen LogP contribution < -0.4 is 14.9 Å². The predicted molar refractivity (Wildman–Crippen MR) is 81.8 cm³/mol. The normalized spacial score (nSPS) is 11.1. The first kappa shape index (κ1) is 13.9. The monoisotopic (exact) mass is 270 g/mol. The van der Waals surface area contributed by atoms with Crippen LogP contribution in [-0.4, -0.2) is 19.9 Å². The molecule has 104 valence electrons. The molecule has 1 N–H and O–H groups in total. The van der Waals surface area contributed by atoms with Crippen molar-refractivity contribution in [3.63, 3.8) is 0 Å². The molecule has 0 aromatic heterocycles. The van der Waals surface area contributed by atoms with E-state index in [9.17, 15) is 0 Å². The third-order valence-corrected chi connectivity index (χ3v) is 2.93. The van der Waals surface area contributed by atoms with E-state index in [4.69, 9.17) is 9.47 Å². The zero-order valence-corrected chi connectivity index (χ0v) is 11.9. The van der Waals surface area contributed by atoms with E-state index in [1.807, 2.05) is 55.5 Å².